The fourth-order valence-electron chi connectivity index (χ4n) is 1.44. The van der Waals surface area contributed by atoms with Crippen molar-refractivity contribution in [2.75, 3.05) is 12.8 Å². The molecule has 1 unspecified atom stereocenters. The second-order valence-corrected chi connectivity index (χ2v) is 5.78. The molecule has 0 saturated heterocycles. The number of hydrogen-bond donors (Lipinski definition) is 1. The summed E-state index contributed by atoms with van der Waals surface area (Å²) in [5.74, 6) is 0.725. The molecule has 1 nitrogen and oxygen atoms in total. The second-order valence-electron chi connectivity index (χ2n) is 4.51. The van der Waals surface area contributed by atoms with Gasteiger partial charge in [-0.3, -0.25) is 0 Å². The zero-order valence-corrected chi connectivity index (χ0v) is 11.5. The van der Waals surface area contributed by atoms with Gasteiger partial charge in [0.25, 0.3) is 0 Å². The molecule has 0 aromatic heterocycles. The van der Waals surface area contributed by atoms with Crippen LogP contribution in [0.1, 0.15) is 47.5 Å². The summed E-state index contributed by atoms with van der Waals surface area (Å²) in [6, 6.07) is 0.625. The van der Waals surface area contributed by atoms with E-state index in [1.54, 1.807) is 0 Å². The van der Waals surface area contributed by atoms with E-state index >= 15 is 0 Å². The van der Waals surface area contributed by atoms with E-state index in [2.05, 4.69) is 46.2 Å². The smallest absolute Gasteiger partial charge is 0.0276 e. The fourth-order valence-corrected chi connectivity index (χ4v) is 2.25. The molecule has 1 atom stereocenters. The lowest BCUT2D eigenvalue weighted by atomic mass is 10.00. The third kappa shape index (κ3) is 4.22. The molecular formula is C12H27NS. The largest absolute Gasteiger partial charge is 0.313 e. The van der Waals surface area contributed by atoms with Gasteiger partial charge < -0.3 is 5.32 Å². The van der Waals surface area contributed by atoms with E-state index in [0.29, 0.717) is 10.8 Å². The molecule has 0 bridgehead atoms. The van der Waals surface area contributed by atoms with Crippen molar-refractivity contribution >= 4 is 11.8 Å². The molecule has 0 rings (SSSR count). The van der Waals surface area contributed by atoms with Crippen molar-refractivity contribution in [3.05, 3.63) is 0 Å². The quantitative estimate of drug-likeness (QED) is 0.700. The van der Waals surface area contributed by atoms with Gasteiger partial charge in [-0.05, 0) is 31.9 Å². The Hall–Kier alpha value is 0.310. The Kier molecular flexibility index (Phi) is 6.88. The van der Waals surface area contributed by atoms with Crippen molar-refractivity contribution < 1.29 is 0 Å². The van der Waals surface area contributed by atoms with Gasteiger partial charge in [0.2, 0.25) is 0 Å². The van der Waals surface area contributed by atoms with Gasteiger partial charge in [-0.15, -0.1) is 0 Å². The predicted molar refractivity (Wildman–Crippen MR) is 69.1 cm³/mol. The molecule has 86 valence electrons. The molecule has 0 amide bonds. The molecule has 0 aliphatic heterocycles. The number of rotatable bonds is 7. The maximum Gasteiger partial charge on any atom is 0.0276 e. The van der Waals surface area contributed by atoms with Crippen LogP contribution in [0, 0.1) is 5.92 Å². The van der Waals surface area contributed by atoms with Crippen molar-refractivity contribution in [3.63, 3.8) is 0 Å². The predicted octanol–water partition coefficient (Wildman–Crippen LogP) is 3.54. The summed E-state index contributed by atoms with van der Waals surface area (Å²) < 4.78 is 0.448. The summed E-state index contributed by atoms with van der Waals surface area (Å²) in [6.45, 7) is 12.6. The van der Waals surface area contributed by atoms with E-state index in [1.807, 2.05) is 11.8 Å². The van der Waals surface area contributed by atoms with Crippen molar-refractivity contribution in [1.82, 2.24) is 5.32 Å². The van der Waals surface area contributed by atoms with E-state index in [9.17, 15) is 0 Å². The third-order valence-electron chi connectivity index (χ3n) is 3.47. The van der Waals surface area contributed by atoms with Crippen molar-refractivity contribution in [2.24, 2.45) is 5.92 Å². The zero-order chi connectivity index (χ0) is 11.2. The molecular weight excluding hydrogens is 190 g/mol. The van der Waals surface area contributed by atoms with Crippen LogP contribution in [0.5, 0.6) is 0 Å². The van der Waals surface area contributed by atoms with Gasteiger partial charge in [-0.2, -0.15) is 11.8 Å². The van der Waals surface area contributed by atoms with Gasteiger partial charge in [-0.25, -0.2) is 0 Å². The molecule has 0 radical (unpaired) electrons. The average molecular weight is 217 g/mol. The van der Waals surface area contributed by atoms with E-state index in [1.165, 1.54) is 12.8 Å². The Morgan fingerprint density at radius 1 is 1.14 bits per heavy atom. The summed E-state index contributed by atoms with van der Waals surface area (Å²) in [7, 11) is 0. The molecule has 0 spiro atoms. The molecule has 0 aliphatic carbocycles. The van der Waals surface area contributed by atoms with Gasteiger partial charge in [0.1, 0.15) is 0 Å². The van der Waals surface area contributed by atoms with Crippen LogP contribution in [0.3, 0.4) is 0 Å². The van der Waals surface area contributed by atoms with Crippen molar-refractivity contribution in [3.8, 4) is 0 Å². The van der Waals surface area contributed by atoms with E-state index < -0.39 is 0 Å². The second kappa shape index (κ2) is 6.73. The lowest BCUT2D eigenvalue weighted by molar-refractivity contribution is 0.389. The van der Waals surface area contributed by atoms with E-state index in [0.717, 1.165) is 12.5 Å². The first-order chi connectivity index (χ1) is 6.51. The van der Waals surface area contributed by atoms with E-state index in [4.69, 9.17) is 0 Å². The van der Waals surface area contributed by atoms with Crippen LogP contribution in [0.4, 0.5) is 0 Å². The molecule has 0 heterocycles. The lowest BCUT2D eigenvalue weighted by Crippen LogP contribution is -2.42. The van der Waals surface area contributed by atoms with Crippen LogP contribution in [0.25, 0.3) is 0 Å². The molecule has 0 aromatic rings. The first-order valence-electron chi connectivity index (χ1n) is 5.79. The third-order valence-corrected chi connectivity index (χ3v) is 5.06. The molecule has 2 heteroatoms. The lowest BCUT2D eigenvalue weighted by Gasteiger charge is -2.32. The van der Waals surface area contributed by atoms with Crippen LogP contribution in [-0.2, 0) is 0 Å². The monoisotopic (exact) mass is 217 g/mol. The minimum atomic E-state index is 0.448. The van der Waals surface area contributed by atoms with Crippen LogP contribution >= 0.6 is 11.8 Å². The number of thioether (sulfide) groups is 1. The topological polar surface area (TPSA) is 12.0 Å². The standard InChI is InChI=1S/C12H27NS/c1-7-12(8-2,14-6)9-13-11(5)10(3)4/h10-11,13H,7-9H2,1-6H3. The highest BCUT2D eigenvalue weighted by Gasteiger charge is 2.25. The first-order valence-corrected chi connectivity index (χ1v) is 7.02. The molecule has 0 aromatic carbocycles. The highest BCUT2D eigenvalue weighted by atomic mass is 32.2. The minimum Gasteiger partial charge on any atom is -0.313 e. The van der Waals surface area contributed by atoms with Crippen LogP contribution in [0.2, 0.25) is 0 Å². The van der Waals surface area contributed by atoms with Gasteiger partial charge >= 0.3 is 0 Å². The van der Waals surface area contributed by atoms with Crippen LogP contribution in [0.15, 0.2) is 0 Å². The summed E-state index contributed by atoms with van der Waals surface area (Å²) in [5, 5.41) is 3.65. The summed E-state index contributed by atoms with van der Waals surface area (Å²) in [4.78, 5) is 0. The summed E-state index contributed by atoms with van der Waals surface area (Å²) >= 11 is 2.01. The maximum atomic E-state index is 3.65. The highest BCUT2D eigenvalue weighted by molar-refractivity contribution is 8.00. The normalized spacial score (nSPS) is 14.8. The van der Waals surface area contributed by atoms with Crippen molar-refractivity contribution in [2.45, 2.75) is 58.2 Å². The van der Waals surface area contributed by atoms with Crippen LogP contribution < -0.4 is 5.32 Å². The summed E-state index contributed by atoms with van der Waals surface area (Å²) in [5.41, 5.74) is 0. The Balaban J connectivity index is 4.05. The zero-order valence-electron chi connectivity index (χ0n) is 10.7. The Morgan fingerprint density at radius 2 is 1.64 bits per heavy atom. The molecule has 14 heavy (non-hydrogen) atoms. The SMILES string of the molecule is CCC(CC)(CNC(C)C(C)C)SC. The van der Waals surface area contributed by atoms with Crippen LogP contribution in [-0.4, -0.2) is 23.6 Å². The molecule has 0 saturated carbocycles. The molecule has 1 N–H and O–H groups in total. The first kappa shape index (κ1) is 14.3. The van der Waals surface area contributed by atoms with Gasteiger partial charge in [0, 0.05) is 17.3 Å². The number of hydrogen-bond acceptors (Lipinski definition) is 2. The van der Waals surface area contributed by atoms with Gasteiger partial charge in [-0.1, -0.05) is 27.7 Å². The van der Waals surface area contributed by atoms with Crippen molar-refractivity contribution in [1.29, 1.82) is 0 Å². The van der Waals surface area contributed by atoms with E-state index in [-0.39, 0.29) is 0 Å². The Labute approximate surface area is 94.4 Å². The Morgan fingerprint density at radius 3 is 1.93 bits per heavy atom. The van der Waals surface area contributed by atoms with Gasteiger partial charge in [0.05, 0.1) is 0 Å². The fraction of sp³-hybridized carbons (Fsp3) is 1.00. The maximum absolute atomic E-state index is 3.65. The molecule has 0 fully saturated rings. The average Bonchev–Trinajstić information content (AvgIpc) is 2.20. The minimum absolute atomic E-state index is 0.448. The van der Waals surface area contributed by atoms with Gasteiger partial charge in [0.15, 0.2) is 0 Å². The molecule has 0 aliphatic rings. The Bertz CT molecular complexity index is 133. The number of nitrogens with one attached hydrogen (secondary N) is 1. The summed E-state index contributed by atoms with van der Waals surface area (Å²) in [6.07, 6.45) is 4.74. The highest BCUT2D eigenvalue weighted by Crippen LogP contribution is 2.29.